The molecule has 0 amide bonds. The molecule has 1 rings (SSSR count). The maximum Gasteiger partial charge on any atom is 0.102 e. The number of aliphatic hydroxyl groups is 1. The van der Waals surface area contributed by atoms with Gasteiger partial charge in [-0.15, -0.1) is 0 Å². The van der Waals surface area contributed by atoms with Crippen molar-refractivity contribution >= 4 is 0 Å². The van der Waals surface area contributed by atoms with Crippen molar-refractivity contribution in [1.29, 1.82) is 0 Å². The smallest absolute Gasteiger partial charge is 0.102 e. The predicted octanol–water partition coefficient (Wildman–Crippen LogP) is 0.443. The highest BCUT2D eigenvalue weighted by Crippen LogP contribution is 2.18. The van der Waals surface area contributed by atoms with E-state index in [1.54, 1.807) is 0 Å². The second-order valence-corrected chi connectivity index (χ2v) is 5.78. The fourth-order valence-corrected chi connectivity index (χ4v) is 2.75. The zero-order chi connectivity index (χ0) is 10.8. The van der Waals surface area contributed by atoms with Crippen molar-refractivity contribution in [3.63, 3.8) is 0 Å². The molecule has 1 saturated heterocycles. The Morgan fingerprint density at radius 2 is 2.14 bits per heavy atom. The van der Waals surface area contributed by atoms with Gasteiger partial charge in [-0.2, -0.15) is 0 Å². The lowest BCUT2D eigenvalue weighted by Crippen LogP contribution is -2.56. The Morgan fingerprint density at radius 1 is 1.50 bits per heavy atom. The van der Waals surface area contributed by atoms with Gasteiger partial charge in [0, 0.05) is 12.5 Å². The molecule has 2 atom stereocenters. The molecule has 84 valence electrons. The van der Waals surface area contributed by atoms with Gasteiger partial charge < -0.3 is 14.9 Å². The van der Waals surface area contributed by atoms with Crippen LogP contribution in [0.2, 0.25) is 0 Å². The van der Waals surface area contributed by atoms with Gasteiger partial charge >= 0.3 is 0 Å². The highest BCUT2D eigenvalue weighted by Gasteiger charge is 2.35. The molecule has 1 aliphatic rings. The van der Waals surface area contributed by atoms with Gasteiger partial charge in [0.25, 0.3) is 0 Å². The molecule has 2 N–H and O–H groups in total. The summed E-state index contributed by atoms with van der Waals surface area (Å²) in [5, 5.41) is 12.7. The van der Waals surface area contributed by atoms with Crippen LogP contribution in [0.1, 0.15) is 20.8 Å². The average Bonchev–Trinajstić information content (AvgIpc) is 2.08. The van der Waals surface area contributed by atoms with E-state index >= 15 is 0 Å². The van der Waals surface area contributed by atoms with Crippen LogP contribution in [0.5, 0.6) is 0 Å². The summed E-state index contributed by atoms with van der Waals surface area (Å²) in [7, 11) is 2.25. The molecule has 0 aromatic heterocycles. The normalized spacial score (nSPS) is 37.9. The van der Waals surface area contributed by atoms with E-state index in [1.807, 2.05) is 0 Å². The van der Waals surface area contributed by atoms with Crippen LogP contribution in [-0.2, 0) is 0 Å². The van der Waals surface area contributed by atoms with Crippen LogP contribution in [0.4, 0.5) is 0 Å². The number of hydrogen-bond donors (Lipinski definition) is 2. The van der Waals surface area contributed by atoms with Gasteiger partial charge in [-0.05, 0) is 13.8 Å². The summed E-state index contributed by atoms with van der Waals surface area (Å²) in [6.45, 7) is 11.3. The zero-order valence-corrected chi connectivity index (χ0v) is 10.0. The first-order chi connectivity index (χ1) is 6.37. The van der Waals surface area contributed by atoms with Crippen LogP contribution < -0.4 is 5.32 Å². The van der Waals surface area contributed by atoms with E-state index < -0.39 is 0 Å². The molecule has 0 aromatic carbocycles. The molecule has 1 heterocycles. The summed E-state index contributed by atoms with van der Waals surface area (Å²) in [5.41, 5.74) is 0.189. The van der Waals surface area contributed by atoms with E-state index in [1.165, 1.54) is 0 Å². The van der Waals surface area contributed by atoms with Crippen molar-refractivity contribution < 1.29 is 9.59 Å². The highest BCUT2D eigenvalue weighted by atomic mass is 16.3. The number of hydrogen-bond acceptors (Lipinski definition) is 2. The topological polar surface area (TPSA) is 32.3 Å². The molecule has 3 heteroatoms. The SMILES string of the molecule is CC1CNC(C)(C)C[N+](C)(CCO)C1. The predicted molar refractivity (Wildman–Crippen MR) is 59.1 cm³/mol. The molecule has 14 heavy (non-hydrogen) atoms. The molecule has 1 aliphatic heterocycles. The van der Waals surface area contributed by atoms with Gasteiger partial charge in [0.2, 0.25) is 0 Å². The van der Waals surface area contributed by atoms with Crippen LogP contribution in [-0.4, -0.2) is 55.0 Å². The fraction of sp³-hybridized carbons (Fsp3) is 1.00. The third-order valence-electron chi connectivity index (χ3n) is 3.10. The Bertz CT molecular complexity index is 194. The Kier molecular flexibility index (Phi) is 3.56. The van der Waals surface area contributed by atoms with Gasteiger partial charge in [0.05, 0.1) is 32.3 Å². The molecular formula is C11H25N2O+. The number of quaternary nitrogens is 1. The zero-order valence-electron chi connectivity index (χ0n) is 10.0. The molecule has 0 spiro atoms. The number of nitrogens with one attached hydrogen (secondary N) is 1. The summed E-state index contributed by atoms with van der Waals surface area (Å²) in [6, 6.07) is 0. The molecule has 0 saturated carbocycles. The van der Waals surface area contributed by atoms with Crippen molar-refractivity contribution in [2.45, 2.75) is 26.3 Å². The number of nitrogens with zero attached hydrogens (tertiary/aromatic N) is 1. The second-order valence-electron chi connectivity index (χ2n) is 5.78. The first kappa shape index (κ1) is 12.0. The van der Waals surface area contributed by atoms with Crippen LogP contribution in [0.25, 0.3) is 0 Å². The molecule has 0 aliphatic carbocycles. The van der Waals surface area contributed by atoms with Crippen molar-refractivity contribution in [3.05, 3.63) is 0 Å². The molecule has 1 fully saturated rings. The number of rotatable bonds is 2. The minimum absolute atomic E-state index is 0.189. The van der Waals surface area contributed by atoms with Crippen molar-refractivity contribution in [2.75, 3.05) is 39.8 Å². The molecule has 2 unspecified atom stereocenters. The van der Waals surface area contributed by atoms with E-state index in [2.05, 4.69) is 33.1 Å². The van der Waals surface area contributed by atoms with E-state index in [0.717, 1.165) is 30.7 Å². The van der Waals surface area contributed by atoms with Crippen LogP contribution in [0.15, 0.2) is 0 Å². The van der Waals surface area contributed by atoms with Gasteiger partial charge in [0.1, 0.15) is 6.54 Å². The Balaban J connectivity index is 2.73. The van der Waals surface area contributed by atoms with E-state index in [9.17, 15) is 0 Å². The van der Waals surface area contributed by atoms with Gasteiger partial charge in [-0.25, -0.2) is 0 Å². The van der Waals surface area contributed by atoms with Crippen LogP contribution >= 0.6 is 0 Å². The van der Waals surface area contributed by atoms with Gasteiger partial charge in [-0.1, -0.05) is 6.92 Å². The Morgan fingerprint density at radius 3 is 2.71 bits per heavy atom. The van der Waals surface area contributed by atoms with Crippen molar-refractivity contribution in [3.8, 4) is 0 Å². The standard InChI is InChI=1S/C11H25N2O/c1-10-7-12-11(2,3)9-13(4,8-10)5-6-14/h10,12,14H,5-9H2,1-4H3/q+1. The van der Waals surface area contributed by atoms with E-state index in [0.29, 0.717) is 12.5 Å². The lowest BCUT2D eigenvalue weighted by Gasteiger charge is -2.38. The summed E-state index contributed by atoms with van der Waals surface area (Å²) in [5.74, 6) is 0.688. The number of likely N-dealkylation sites (N-methyl/N-ethyl adjacent to an activating group) is 1. The summed E-state index contributed by atoms with van der Waals surface area (Å²) in [6.07, 6.45) is 0. The first-order valence-corrected chi connectivity index (χ1v) is 5.56. The number of aliphatic hydroxyl groups excluding tert-OH is 1. The molecule has 0 aromatic rings. The van der Waals surface area contributed by atoms with E-state index in [4.69, 9.17) is 5.11 Å². The molecular weight excluding hydrogens is 176 g/mol. The van der Waals surface area contributed by atoms with Crippen molar-refractivity contribution in [2.24, 2.45) is 5.92 Å². The third kappa shape index (κ3) is 3.23. The lowest BCUT2D eigenvalue weighted by atomic mass is 10.0. The van der Waals surface area contributed by atoms with E-state index in [-0.39, 0.29) is 5.54 Å². The second kappa shape index (κ2) is 4.17. The van der Waals surface area contributed by atoms with Crippen LogP contribution in [0.3, 0.4) is 0 Å². The van der Waals surface area contributed by atoms with Crippen molar-refractivity contribution in [1.82, 2.24) is 5.32 Å². The quantitative estimate of drug-likeness (QED) is 0.636. The monoisotopic (exact) mass is 201 g/mol. The fourth-order valence-electron chi connectivity index (χ4n) is 2.75. The maximum atomic E-state index is 9.10. The summed E-state index contributed by atoms with van der Waals surface area (Å²) >= 11 is 0. The third-order valence-corrected chi connectivity index (χ3v) is 3.10. The first-order valence-electron chi connectivity index (χ1n) is 5.56. The van der Waals surface area contributed by atoms with Gasteiger partial charge in [-0.3, -0.25) is 0 Å². The molecule has 0 bridgehead atoms. The Hall–Kier alpha value is -0.120. The minimum atomic E-state index is 0.189. The summed E-state index contributed by atoms with van der Waals surface area (Å²) in [4.78, 5) is 0. The Labute approximate surface area is 87.7 Å². The van der Waals surface area contributed by atoms with Gasteiger partial charge in [0.15, 0.2) is 0 Å². The highest BCUT2D eigenvalue weighted by molar-refractivity contribution is 4.81. The molecule has 0 radical (unpaired) electrons. The summed E-state index contributed by atoms with van der Waals surface area (Å²) < 4.78 is 0.984. The average molecular weight is 201 g/mol. The maximum absolute atomic E-state index is 9.10. The lowest BCUT2D eigenvalue weighted by molar-refractivity contribution is -0.914. The largest absolute Gasteiger partial charge is 0.391 e. The molecule has 3 nitrogen and oxygen atoms in total. The minimum Gasteiger partial charge on any atom is -0.391 e. The van der Waals surface area contributed by atoms with Crippen LogP contribution in [0, 0.1) is 5.92 Å².